The third-order valence-electron chi connectivity index (χ3n) is 3.64. The van der Waals surface area contributed by atoms with Gasteiger partial charge >= 0.3 is 5.97 Å². The molecule has 0 aliphatic carbocycles. The maximum absolute atomic E-state index is 11.8. The normalized spacial score (nSPS) is 10.4. The molecule has 0 unspecified atom stereocenters. The van der Waals surface area contributed by atoms with Gasteiger partial charge in [-0.3, -0.25) is 9.59 Å². The predicted octanol–water partition coefficient (Wildman–Crippen LogP) is 2.00. The van der Waals surface area contributed by atoms with Gasteiger partial charge in [0.1, 0.15) is 11.5 Å². The van der Waals surface area contributed by atoms with Gasteiger partial charge in [0.25, 0.3) is 5.91 Å². The highest BCUT2D eigenvalue weighted by Gasteiger charge is 2.08. The van der Waals surface area contributed by atoms with E-state index >= 15 is 0 Å². The number of carbonyl (C=O) groups excluding carboxylic acids is 3. The fourth-order valence-electron chi connectivity index (χ4n) is 2.21. The quantitative estimate of drug-likeness (QED) is 0.531. The Morgan fingerprint density at radius 1 is 1.04 bits per heavy atom. The van der Waals surface area contributed by atoms with E-state index in [1.165, 1.54) is 43.5 Å². The van der Waals surface area contributed by atoms with Crippen LogP contribution in [0.15, 0.2) is 48.5 Å². The molecule has 2 aromatic rings. The average Bonchev–Trinajstić information content (AvgIpc) is 2.70. The van der Waals surface area contributed by atoms with Crippen LogP contribution in [0.5, 0.6) is 11.5 Å². The first-order valence-electron chi connectivity index (χ1n) is 8.19. The summed E-state index contributed by atoms with van der Waals surface area (Å²) in [7, 11) is 3.05. The van der Waals surface area contributed by atoms with E-state index in [1.54, 1.807) is 25.3 Å². The summed E-state index contributed by atoms with van der Waals surface area (Å²) in [6.45, 7) is -0.458. The van der Waals surface area contributed by atoms with Gasteiger partial charge in [-0.2, -0.15) is 0 Å². The number of hydrogen-bond acceptors (Lipinski definition) is 6. The van der Waals surface area contributed by atoms with Crippen LogP contribution in [-0.4, -0.2) is 38.6 Å². The first kappa shape index (κ1) is 20.5. The van der Waals surface area contributed by atoms with E-state index in [9.17, 15) is 14.4 Å². The second-order valence-electron chi connectivity index (χ2n) is 5.54. The lowest BCUT2D eigenvalue weighted by Gasteiger charge is -2.07. The Bertz CT molecular complexity index is 890. The molecule has 0 heterocycles. The largest absolute Gasteiger partial charge is 0.497 e. The molecule has 28 heavy (non-hydrogen) atoms. The summed E-state index contributed by atoms with van der Waals surface area (Å²) in [4.78, 5) is 34.7. The van der Waals surface area contributed by atoms with Crippen molar-refractivity contribution in [3.63, 3.8) is 0 Å². The monoisotopic (exact) mass is 384 g/mol. The number of rotatable bonds is 8. The average molecular weight is 384 g/mol. The Morgan fingerprint density at radius 2 is 1.75 bits per heavy atom. The van der Waals surface area contributed by atoms with Gasteiger partial charge in [-0.1, -0.05) is 0 Å². The molecule has 2 amide bonds. The standard InChI is InChI=1S/C20H20N2O6/c1-26-16-9-5-13(17(11-16)27-2)6-10-19(24)28-12-18(23)22-15-7-3-14(4-8-15)20(21)25/h3-11H,12H2,1-2H3,(H2,21,25)(H,22,23)/b10-6+. The summed E-state index contributed by atoms with van der Waals surface area (Å²) in [5.41, 5.74) is 6.57. The molecule has 2 aromatic carbocycles. The highest BCUT2D eigenvalue weighted by atomic mass is 16.5. The van der Waals surface area contributed by atoms with Gasteiger partial charge in [0.15, 0.2) is 6.61 Å². The molecule has 0 fully saturated rings. The summed E-state index contributed by atoms with van der Waals surface area (Å²) in [5, 5.41) is 2.54. The number of hydrogen-bond donors (Lipinski definition) is 2. The zero-order valence-corrected chi connectivity index (χ0v) is 15.4. The number of methoxy groups -OCH3 is 2. The van der Waals surface area contributed by atoms with Gasteiger partial charge in [0, 0.05) is 29.0 Å². The third kappa shape index (κ3) is 5.87. The molecule has 0 radical (unpaired) electrons. The summed E-state index contributed by atoms with van der Waals surface area (Å²) in [6.07, 6.45) is 2.71. The predicted molar refractivity (Wildman–Crippen MR) is 103 cm³/mol. The van der Waals surface area contributed by atoms with E-state index in [0.717, 1.165) is 0 Å². The van der Waals surface area contributed by atoms with Crippen LogP contribution in [0.1, 0.15) is 15.9 Å². The third-order valence-corrected chi connectivity index (χ3v) is 3.64. The molecule has 0 saturated carbocycles. The number of amides is 2. The zero-order chi connectivity index (χ0) is 20.5. The van der Waals surface area contributed by atoms with Gasteiger partial charge in [-0.25, -0.2) is 4.79 Å². The van der Waals surface area contributed by atoms with Crippen molar-refractivity contribution in [2.24, 2.45) is 5.73 Å². The molecule has 8 nitrogen and oxygen atoms in total. The van der Waals surface area contributed by atoms with E-state index in [-0.39, 0.29) is 0 Å². The minimum Gasteiger partial charge on any atom is -0.497 e. The number of esters is 1. The van der Waals surface area contributed by atoms with Crippen LogP contribution >= 0.6 is 0 Å². The summed E-state index contributed by atoms with van der Waals surface area (Å²) in [5.74, 6) is -0.613. The SMILES string of the molecule is COc1ccc(/C=C/C(=O)OCC(=O)Nc2ccc(C(N)=O)cc2)c(OC)c1. The number of anilines is 1. The van der Waals surface area contributed by atoms with Crippen LogP contribution in [0.25, 0.3) is 6.08 Å². The Hall–Kier alpha value is -3.81. The summed E-state index contributed by atoms with van der Waals surface area (Å²) < 4.78 is 15.2. The lowest BCUT2D eigenvalue weighted by Crippen LogP contribution is -2.20. The minimum absolute atomic E-state index is 0.323. The number of nitrogens with two attached hydrogens (primary N) is 1. The van der Waals surface area contributed by atoms with Crippen LogP contribution < -0.4 is 20.5 Å². The number of benzene rings is 2. The van der Waals surface area contributed by atoms with Crippen LogP contribution in [0.4, 0.5) is 5.69 Å². The van der Waals surface area contributed by atoms with Crippen molar-refractivity contribution in [1.82, 2.24) is 0 Å². The molecular formula is C20H20N2O6. The number of primary amides is 1. The number of ether oxygens (including phenoxy) is 3. The fourth-order valence-corrected chi connectivity index (χ4v) is 2.21. The molecule has 3 N–H and O–H groups in total. The van der Waals surface area contributed by atoms with Gasteiger partial charge in [0.05, 0.1) is 14.2 Å². The smallest absolute Gasteiger partial charge is 0.331 e. The Balaban J connectivity index is 1.87. The van der Waals surface area contributed by atoms with Gasteiger partial charge in [0.2, 0.25) is 5.91 Å². The second-order valence-corrected chi connectivity index (χ2v) is 5.54. The molecule has 0 aliphatic rings. The van der Waals surface area contributed by atoms with Crippen molar-refractivity contribution in [3.05, 3.63) is 59.7 Å². The van der Waals surface area contributed by atoms with E-state index < -0.39 is 24.4 Å². The molecule has 0 atom stereocenters. The van der Waals surface area contributed by atoms with Crippen molar-refractivity contribution in [2.75, 3.05) is 26.1 Å². The molecule has 0 aromatic heterocycles. The van der Waals surface area contributed by atoms with Crippen LogP contribution in [-0.2, 0) is 14.3 Å². The molecule has 0 saturated heterocycles. The highest BCUT2D eigenvalue weighted by molar-refractivity contribution is 5.96. The maximum atomic E-state index is 11.8. The first-order chi connectivity index (χ1) is 13.4. The molecule has 0 bridgehead atoms. The molecular weight excluding hydrogens is 364 g/mol. The topological polar surface area (TPSA) is 117 Å². The van der Waals surface area contributed by atoms with Crippen molar-refractivity contribution < 1.29 is 28.6 Å². The first-order valence-corrected chi connectivity index (χ1v) is 8.19. The fraction of sp³-hybridized carbons (Fsp3) is 0.150. The second kappa shape index (κ2) is 9.77. The molecule has 146 valence electrons. The van der Waals surface area contributed by atoms with Crippen LogP contribution in [0.2, 0.25) is 0 Å². The lowest BCUT2D eigenvalue weighted by atomic mass is 10.2. The molecule has 0 spiro atoms. The number of carbonyl (C=O) groups is 3. The molecule has 8 heteroatoms. The van der Waals surface area contributed by atoms with Gasteiger partial charge < -0.3 is 25.3 Å². The number of nitrogens with one attached hydrogen (secondary N) is 1. The Morgan fingerprint density at radius 3 is 2.36 bits per heavy atom. The van der Waals surface area contributed by atoms with E-state index in [4.69, 9.17) is 19.9 Å². The van der Waals surface area contributed by atoms with Crippen molar-refractivity contribution >= 4 is 29.5 Å². The van der Waals surface area contributed by atoms with E-state index in [0.29, 0.717) is 28.3 Å². The Labute approximate surface area is 161 Å². The molecule has 0 aliphatic heterocycles. The maximum Gasteiger partial charge on any atom is 0.331 e. The van der Waals surface area contributed by atoms with Crippen molar-refractivity contribution in [2.45, 2.75) is 0 Å². The van der Waals surface area contributed by atoms with Crippen LogP contribution in [0.3, 0.4) is 0 Å². The lowest BCUT2D eigenvalue weighted by molar-refractivity contribution is -0.142. The highest BCUT2D eigenvalue weighted by Crippen LogP contribution is 2.25. The zero-order valence-electron chi connectivity index (χ0n) is 15.4. The van der Waals surface area contributed by atoms with E-state index in [2.05, 4.69) is 5.32 Å². The minimum atomic E-state index is -0.683. The van der Waals surface area contributed by atoms with Gasteiger partial charge in [-0.15, -0.1) is 0 Å². The van der Waals surface area contributed by atoms with Crippen molar-refractivity contribution in [1.29, 1.82) is 0 Å². The van der Waals surface area contributed by atoms with Crippen LogP contribution in [0, 0.1) is 0 Å². The Kier molecular flexibility index (Phi) is 7.15. The van der Waals surface area contributed by atoms with Gasteiger partial charge in [-0.05, 0) is 42.5 Å². The summed E-state index contributed by atoms with van der Waals surface area (Å²) >= 11 is 0. The van der Waals surface area contributed by atoms with Crippen molar-refractivity contribution in [3.8, 4) is 11.5 Å². The molecule has 2 rings (SSSR count). The summed E-state index contributed by atoms with van der Waals surface area (Å²) in [6, 6.07) is 11.1. The van der Waals surface area contributed by atoms with E-state index in [1.807, 2.05) is 0 Å².